The topological polar surface area (TPSA) is 43.4 Å². The van der Waals surface area contributed by atoms with Crippen molar-refractivity contribution < 1.29 is 14.3 Å². The molecule has 3 heteroatoms. The second-order valence-electron chi connectivity index (χ2n) is 9.04. The molecule has 3 aliphatic carbocycles. The summed E-state index contributed by atoms with van der Waals surface area (Å²) in [7, 11) is 0. The lowest BCUT2D eigenvalue weighted by molar-refractivity contribution is -0.166. The minimum absolute atomic E-state index is 0.0513. The Morgan fingerprint density at radius 3 is 2.65 bits per heavy atom. The van der Waals surface area contributed by atoms with Crippen LogP contribution in [0.2, 0.25) is 0 Å². The van der Waals surface area contributed by atoms with Crippen molar-refractivity contribution in [2.45, 2.75) is 52.6 Å². The van der Waals surface area contributed by atoms with Gasteiger partial charge >= 0.3 is 5.97 Å². The number of hydrogen-bond acceptors (Lipinski definition) is 3. The quantitative estimate of drug-likeness (QED) is 0.448. The molecule has 0 heterocycles. The predicted molar refractivity (Wildman–Crippen MR) is 100 cm³/mol. The van der Waals surface area contributed by atoms with E-state index >= 15 is 0 Å². The van der Waals surface area contributed by atoms with E-state index in [1.807, 2.05) is 30.3 Å². The van der Waals surface area contributed by atoms with Crippen molar-refractivity contribution in [2.75, 3.05) is 0 Å². The molecule has 138 valence electrons. The highest BCUT2D eigenvalue weighted by Gasteiger charge is 2.73. The Morgan fingerprint density at radius 2 is 1.96 bits per heavy atom. The van der Waals surface area contributed by atoms with E-state index < -0.39 is 5.41 Å². The first-order valence-corrected chi connectivity index (χ1v) is 9.75. The van der Waals surface area contributed by atoms with E-state index in [9.17, 15) is 9.59 Å². The predicted octanol–water partition coefficient (Wildman–Crippen LogP) is 4.71. The van der Waals surface area contributed by atoms with Crippen LogP contribution in [0.4, 0.5) is 0 Å². The van der Waals surface area contributed by atoms with Gasteiger partial charge in [-0.1, -0.05) is 56.3 Å². The van der Waals surface area contributed by atoms with Gasteiger partial charge in [-0.05, 0) is 54.4 Å². The lowest BCUT2D eigenvalue weighted by Gasteiger charge is -2.54. The highest BCUT2D eigenvalue weighted by atomic mass is 16.5. The molecule has 26 heavy (non-hydrogen) atoms. The second-order valence-corrected chi connectivity index (χ2v) is 9.04. The number of ether oxygens (including phenoxy) is 1. The molecule has 1 aromatic rings. The van der Waals surface area contributed by atoms with Crippen molar-refractivity contribution in [1.29, 1.82) is 0 Å². The molecule has 0 aliphatic heterocycles. The Morgan fingerprint density at radius 1 is 1.23 bits per heavy atom. The lowest BCUT2D eigenvalue weighted by Crippen LogP contribution is -2.54. The summed E-state index contributed by atoms with van der Waals surface area (Å²) >= 11 is 0. The zero-order valence-electron chi connectivity index (χ0n) is 15.8. The fourth-order valence-corrected chi connectivity index (χ4v) is 6.35. The van der Waals surface area contributed by atoms with E-state index in [4.69, 9.17) is 4.74 Å². The summed E-state index contributed by atoms with van der Waals surface area (Å²) in [5.41, 5.74) is 0.912. The number of esters is 1. The number of hydrogen-bond donors (Lipinski definition) is 0. The summed E-state index contributed by atoms with van der Waals surface area (Å²) in [6.45, 7) is 9.16. The average Bonchev–Trinajstić information content (AvgIpc) is 3.22. The zero-order valence-corrected chi connectivity index (χ0v) is 15.8. The number of aldehydes is 1. The molecule has 3 saturated carbocycles. The van der Waals surface area contributed by atoms with Crippen LogP contribution < -0.4 is 0 Å². The van der Waals surface area contributed by atoms with Gasteiger partial charge < -0.3 is 9.53 Å². The van der Waals surface area contributed by atoms with Crippen LogP contribution in [0.5, 0.6) is 0 Å². The Balaban J connectivity index is 1.71. The number of benzene rings is 1. The fraction of sp³-hybridized carbons (Fsp3) is 0.565. The second kappa shape index (κ2) is 5.80. The normalized spacial score (nSPS) is 37.2. The molecule has 4 rings (SSSR count). The largest absolute Gasteiger partial charge is 0.460 e. The van der Waals surface area contributed by atoms with Gasteiger partial charge in [-0.25, -0.2) is 0 Å². The molecule has 3 aliphatic rings. The zero-order chi connectivity index (χ0) is 18.6. The third-order valence-electron chi connectivity index (χ3n) is 7.98. The summed E-state index contributed by atoms with van der Waals surface area (Å²) < 4.78 is 5.86. The molecule has 0 amide bonds. The highest BCUT2D eigenvalue weighted by Crippen LogP contribution is 2.75. The molecule has 0 radical (unpaired) electrons. The van der Waals surface area contributed by atoms with Crippen LogP contribution in [0.25, 0.3) is 0 Å². The van der Waals surface area contributed by atoms with Gasteiger partial charge in [0, 0.05) is 5.92 Å². The molecular weight excluding hydrogens is 324 g/mol. The van der Waals surface area contributed by atoms with Gasteiger partial charge in [0.2, 0.25) is 0 Å². The molecule has 1 unspecified atom stereocenters. The first kappa shape index (κ1) is 17.5. The maximum absolute atomic E-state index is 13.5. The van der Waals surface area contributed by atoms with E-state index in [1.165, 1.54) is 0 Å². The van der Waals surface area contributed by atoms with Gasteiger partial charge in [-0.15, -0.1) is 0 Å². The molecule has 0 aromatic heterocycles. The van der Waals surface area contributed by atoms with Crippen LogP contribution in [0, 0.1) is 28.1 Å². The number of carbonyl (C=O) groups excluding carboxylic acids is 2. The first-order chi connectivity index (χ1) is 12.4. The van der Waals surface area contributed by atoms with E-state index in [2.05, 4.69) is 20.4 Å². The van der Waals surface area contributed by atoms with E-state index in [1.54, 1.807) is 0 Å². The van der Waals surface area contributed by atoms with Crippen LogP contribution in [0.1, 0.15) is 51.5 Å². The molecule has 1 spiro atoms. The Bertz CT molecular complexity index is 750. The third-order valence-corrected chi connectivity index (χ3v) is 7.98. The molecule has 3 nitrogen and oxygen atoms in total. The summed E-state index contributed by atoms with van der Waals surface area (Å²) in [6.07, 6.45) is 5.52. The number of rotatable bonds is 4. The smallest absolute Gasteiger partial charge is 0.317 e. The summed E-state index contributed by atoms with van der Waals surface area (Å²) in [6, 6.07) is 9.79. The average molecular weight is 352 g/mol. The molecule has 2 bridgehead atoms. The molecule has 0 N–H and O–H groups in total. The van der Waals surface area contributed by atoms with Crippen LogP contribution in [0.3, 0.4) is 0 Å². The van der Waals surface area contributed by atoms with Crippen LogP contribution in [-0.2, 0) is 20.9 Å². The Labute approximate surface area is 155 Å². The van der Waals surface area contributed by atoms with Crippen molar-refractivity contribution in [3.05, 3.63) is 48.0 Å². The summed E-state index contributed by atoms with van der Waals surface area (Å²) in [5, 5.41) is 0. The summed E-state index contributed by atoms with van der Waals surface area (Å²) in [5.74, 6) is 0.291. The lowest BCUT2D eigenvalue weighted by atomic mass is 9.48. The number of fused-ring (bicyclic) bond motifs is 1. The Hall–Kier alpha value is -1.90. The van der Waals surface area contributed by atoms with Gasteiger partial charge in [0.15, 0.2) is 0 Å². The van der Waals surface area contributed by atoms with Crippen molar-refractivity contribution >= 4 is 12.3 Å². The van der Waals surface area contributed by atoms with Gasteiger partial charge in [-0.3, -0.25) is 4.79 Å². The van der Waals surface area contributed by atoms with Gasteiger partial charge in [-0.2, -0.15) is 0 Å². The van der Waals surface area contributed by atoms with Crippen molar-refractivity contribution in [2.24, 2.45) is 28.1 Å². The molecule has 1 aromatic carbocycles. The van der Waals surface area contributed by atoms with Gasteiger partial charge in [0.25, 0.3) is 0 Å². The SMILES string of the molecule is C=C1C(C)(C)[C@@H]2CC[C@]3(C2)[C@@H](C=O)CCC13C(=O)OCc1ccccc1. The maximum atomic E-state index is 13.5. The van der Waals surface area contributed by atoms with Crippen molar-refractivity contribution in [3.63, 3.8) is 0 Å². The third kappa shape index (κ3) is 2.06. The summed E-state index contributed by atoms with van der Waals surface area (Å²) in [4.78, 5) is 25.4. The van der Waals surface area contributed by atoms with Gasteiger partial charge in [0.1, 0.15) is 12.9 Å². The maximum Gasteiger partial charge on any atom is 0.317 e. The van der Waals surface area contributed by atoms with Crippen molar-refractivity contribution in [3.8, 4) is 0 Å². The van der Waals surface area contributed by atoms with Crippen LogP contribution in [-0.4, -0.2) is 12.3 Å². The molecule has 0 saturated heterocycles. The minimum Gasteiger partial charge on any atom is -0.460 e. The van der Waals surface area contributed by atoms with E-state index in [0.717, 1.165) is 43.1 Å². The molecule has 4 atom stereocenters. The van der Waals surface area contributed by atoms with E-state index in [-0.39, 0.29) is 29.3 Å². The first-order valence-electron chi connectivity index (χ1n) is 9.75. The van der Waals surface area contributed by atoms with Crippen molar-refractivity contribution in [1.82, 2.24) is 0 Å². The standard InChI is InChI=1S/C23H28O3/c1-16-21(2,3)18-9-11-22(13-18)19(14-24)10-12-23(16,22)20(25)26-15-17-7-5-4-6-8-17/h4-8,14,18-19H,1,9-13,15H2,2-3H3/t18-,19-,22+,23?/m1/s1. The van der Waals surface area contributed by atoms with Crippen LogP contribution >= 0.6 is 0 Å². The fourth-order valence-electron chi connectivity index (χ4n) is 6.35. The Kier molecular flexibility index (Phi) is 3.91. The van der Waals surface area contributed by atoms with E-state index in [0.29, 0.717) is 12.3 Å². The highest BCUT2D eigenvalue weighted by molar-refractivity contribution is 5.85. The monoisotopic (exact) mass is 352 g/mol. The van der Waals surface area contributed by atoms with Crippen LogP contribution in [0.15, 0.2) is 42.5 Å². The minimum atomic E-state index is -0.705. The molecule has 3 fully saturated rings. The van der Waals surface area contributed by atoms with Gasteiger partial charge in [0.05, 0.1) is 5.41 Å². The number of carbonyl (C=O) groups is 2. The molecular formula is C23H28O3.